The number of thiazole rings is 1. The van der Waals surface area contributed by atoms with Gasteiger partial charge in [0.15, 0.2) is 0 Å². The highest BCUT2D eigenvalue weighted by Gasteiger charge is 2.42. The molecule has 372 valence electrons. The molecular weight excluding hydrogens is 971 g/mol. The number of hydrogen-bond acceptors (Lipinski definition) is 8. The highest BCUT2D eigenvalue weighted by Crippen LogP contribution is 2.67. The molecule has 8 heteroatoms. The minimum Gasteiger partial charge on any atom is -0.341 e. The first-order valence-electron chi connectivity index (χ1n) is 26.5. The van der Waals surface area contributed by atoms with E-state index < -0.39 is 0 Å². The van der Waals surface area contributed by atoms with Crippen LogP contribution < -0.4 is 29.4 Å². The molecule has 0 saturated carbocycles. The van der Waals surface area contributed by atoms with E-state index in [1.54, 1.807) is 11.3 Å². The third kappa shape index (κ3) is 6.93. The van der Waals surface area contributed by atoms with Crippen molar-refractivity contribution in [3.63, 3.8) is 0 Å². The number of rotatable bonds is 7. The summed E-state index contributed by atoms with van der Waals surface area (Å²) in [6.45, 7) is 0. The lowest BCUT2D eigenvalue weighted by Crippen LogP contribution is -2.30. The highest BCUT2D eigenvalue weighted by molar-refractivity contribution is 7.21. The van der Waals surface area contributed by atoms with Crippen molar-refractivity contribution in [1.29, 1.82) is 0 Å². The number of fused-ring (bicyclic) bond motifs is 7. The molecule has 1 aromatic heterocycles. The molecule has 0 saturated heterocycles. The summed E-state index contributed by atoms with van der Waals surface area (Å²) in [6, 6.07) is 93.3. The number of nitrogens with zero attached hydrogens (tertiary/aromatic N) is 7. The molecule has 0 N–H and O–H groups in total. The SMILES string of the molecule is CN1c2ccccc2N(c2c(-c3ccc(-c4nc5ccccc5s4)cc3)c(-c3ccccc3)c(N3c4ccccc4N(C)c4ccccc43)c(N3c4ccccc4N(C)c4ccccc43)c2-c2ccccc2)c2ccccc21. The molecule has 0 atom stereocenters. The van der Waals surface area contributed by atoms with Crippen LogP contribution in [0.15, 0.2) is 255 Å². The lowest BCUT2D eigenvalue weighted by Gasteiger charge is -2.46. The Hall–Kier alpha value is -9.89. The fraction of sp³-hybridized carbons (Fsp3) is 0.0429. The second-order valence-corrected chi connectivity index (χ2v) is 21.1. The van der Waals surface area contributed by atoms with E-state index in [1.165, 1.54) is 4.70 Å². The number of aromatic nitrogens is 1. The first-order valence-corrected chi connectivity index (χ1v) is 27.3. The van der Waals surface area contributed by atoms with Gasteiger partial charge in [0, 0.05) is 43.4 Å². The topological polar surface area (TPSA) is 32.3 Å². The van der Waals surface area contributed by atoms with E-state index in [-0.39, 0.29) is 0 Å². The second-order valence-electron chi connectivity index (χ2n) is 20.1. The predicted molar refractivity (Wildman–Crippen MR) is 330 cm³/mol. The smallest absolute Gasteiger partial charge is 0.124 e. The Kier molecular flexibility index (Phi) is 10.6. The molecule has 3 aliphatic rings. The van der Waals surface area contributed by atoms with Crippen LogP contribution >= 0.6 is 11.3 Å². The molecule has 0 amide bonds. The molecule has 0 aliphatic carbocycles. The summed E-state index contributed by atoms with van der Waals surface area (Å²) in [5, 5.41) is 0.993. The molecule has 0 fully saturated rings. The lowest BCUT2D eigenvalue weighted by atomic mass is 9.82. The van der Waals surface area contributed by atoms with Crippen molar-refractivity contribution in [2.75, 3.05) is 50.5 Å². The maximum absolute atomic E-state index is 5.17. The van der Waals surface area contributed by atoms with E-state index >= 15 is 0 Å². The van der Waals surface area contributed by atoms with Crippen molar-refractivity contribution in [2.24, 2.45) is 0 Å². The third-order valence-electron chi connectivity index (χ3n) is 15.8. The number of anilines is 15. The Morgan fingerprint density at radius 1 is 0.256 bits per heavy atom. The second kappa shape index (κ2) is 18.2. The van der Waals surface area contributed by atoms with Gasteiger partial charge in [0.05, 0.1) is 95.5 Å². The zero-order valence-corrected chi connectivity index (χ0v) is 44.1. The van der Waals surface area contributed by atoms with Crippen molar-refractivity contribution < 1.29 is 0 Å². The van der Waals surface area contributed by atoms with Gasteiger partial charge in [0.2, 0.25) is 0 Å². The van der Waals surface area contributed by atoms with Crippen molar-refractivity contribution >= 4 is 107 Å². The van der Waals surface area contributed by atoms with E-state index in [4.69, 9.17) is 4.98 Å². The normalized spacial score (nSPS) is 13.2. The maximum atomic E-state index is 5.17. The summed E-state index contributed by atoms with van der Waals surface area (Å²) in [5.41, 5.74) is 24.8. The van der Waals surface area contributed by atoms with Gasteiger partial charge in [-0.1, -0.05) is 170 Å². The summed E-state index contributed by atoms with van der Waals surface area (Å²) in [6.07, 6.45) is 0. The van der Waals surface area contributed by atoms with E-state index in [0.717, 1.165) is 135 Å². The van der Waals surface area contributed by atoms with Gasteiger partial charge in [-0.05, 0) is 102 Å². The van der Waals surface area contributed by atoms with Gasteiger partial charge in [0.25, 0.3) is 0 Å². The molecular formula is C70H51N7S. The largest absolute Gasteiger partial charge is 0.341 e. The van der Waals surface area contributed by atoms with Gasteiger partial charge in [-0.15, -0.1) is 11.3 Å². The van der Waals surface area contributed by atoms with E-state index in [0.29, 0.717) is 0 Å². The van der Waals surface area contributed by atoms with Crippen LogP contribution in [0.5, 0.6) is 0 Å². The van der Waals surface area contributed by atoms with Crippen LogP contribution in [0, 0.1) is 0 Å². The van der Waals surface area contributed by atoms with Gasteiger partial charge in [0.1, 0.15) is 5.01 Å². The Morgan fingerprint density at radius 2 is 0.538 bits per heavy atom. The Morgan fingerprint density at radius 3 is 0.936 bits per heavy atom. The highest BCUT2D eigenvalue weighted by atomic mass is 32.1. The third-order valence-corrected chi connectivity index (χ3v) is 16.9. The molecule has 0 unspecified atom stereocenters. The van der Waals surface area contributed by atoms with Crippen molar-refractivity contribution in [3.05, 3.63) is 255 Å². The van der Waals surface area contributed by atoms with Crippen LogP contribution in [0.1, 0.15) is 0 Å². The fourth-order valence-corrected chi connectivity index (χ4v) is 13.3. The van der Waals surface area contributed by atoms with Gasteiger partial charge in [-0.3, -0.25) is 0 Å². The van der Waals surface area contributed by atoms with E-state index in [2.05, 4.69) is 305 Å². The maximum Gasteiger partial charge on any atom is 0.124 e. The van der Waals surface area contributed by atoms with Crippen LogP contribution in [0.2, 0.25) is 0 Å². The number of hydrogen-bond donors (Lipinski definition) is 0. The Labute approximate surface area is 458 Å². The summed E-state index contributed by atoms with van der Waals surface area (Å²) in [5.74, 6) is 0. The minimum atomic E-state index is 0.993. The molecule has 7 nitrogen and oxygen atoms in total. The average Bonchev–Trinajstić information content (AvgIpc) is 3.96. The van der Waals surface area contributed by atoms with Crippen molar-refractivity contribution in [3.8, 4) is 44.0 Å². The summed E-state index contributed by atoms with van der Waals surface area (Å²) in [4.78, 5) is 19.9. The lowest BCUT2D eigenvalue weighted by molar-refractivity contribution is 1.10. The van der Waals surface area contributed by atoms with Crippen LogP contribution in [0.4, 0.5) is 85.3 Å². The van der Waals surface area contributed by atoms with Crippen molar-refractivity contribution in [2.45, 2.75) is 0 Å². The molecule has 0 radical (unpaired) electrons. The molecule has 15 rings (SSSR count). The zero-order chi connectivity index (χ0) is 52.0. The minimum absolute atomic E-state index is 0.993. The number of para-hydroxylation sites is 13. The molecule has 11 aromatic carbocycles. The summed E-state index contributed by atoms with van der Waals surface area (Å²) in [7, 11) is 6.58. The Balaban J connectivity index is 1.20. The first-order chi connectivity index (χ1) is 38.5. The standard InChI is InChI=1S/C70H51N7S/c1-72-51-29-11-17-35-57(51)75(58-36-18-12-30-52(58)72)67-64(48-42-44-49(45-43-48)70-71-50-28-10-23-41-63(50)78-70)65(46-24-6-4-7-25-46)68(76-59-37-19-13-31-53(59)73(2)54-32-14-20-38-60(54)76)69(66(67)47-26-8-5-9-27-47)77-61-39-21-15-33-55(61)74(3)56-34-16-22-40-62(56)77/h4-45H,1-3H3. The fourth-order valence-electron chi connectivity index (χ4n) is 12.3. The van der Waals surface area contributed by atoms with Gasteiger partial charge in [-0.2, -0.15) is 0 Å². The first kappa shape index (κ1) is 45.5. The molecule has 3 aliphatic heterocycles. The van der Waals surface area contributed by atoms with Gasteiger partial charge in [-0.25, -0.2) is 4.98 Å². The predicted octanol–water partition coefficient (Wildman–Crippen LogP) is 19.6. The molecule has 78 heavy (non-hydrogen) atoms. The monoisotopic (exact) mass is 1020 g/mol. The summed E-state index contributed by atoms with van der Waals surface area (Å²) >= 11 is 1.73. The Bertz CT molecular complexity index is 4130. The van der Waals surface area contributed by atoms with E-state index in [9.17, 15) is 0 Å². The van der Waals surface area contributed by atoms with Crippen LogP contribution in [0.25, 0.3) is 54.2 Å². The van der Waals surface area contributed by atoms with Crippen LogP contribution in [0.3, 0.4) is 0 Å². The van der Waals surface area contributed by atoms with Gasteiger partial charge >= 0.3 is 0 Å². The van der Waals surface area contributed by atoms with Crippen LogP contribution in [-0.4, -0.2) is 26.1 Å². The zero-order valence-electron chi connectivity index (χ0n) is 43.3. The number of benzene rings is 11. The quantitative estimate of drug-likeness (QED) is 0.157. The molecule has 0 spiro atoms. The average molecular weight is 1020 g/mol. The molecule has 0 bridgehead atoms. The molecule has 4 heterocycles. The summed E-state index contributed by atoms with van der Waals surface area (Å²) < 4.78 is 1.17. The van der Waals surface area contributed by atoms with Crippen LogP contribution in [-0.2, 0) is 0 Å². The van der Waals surface area contributed by atoms with Crippen molar-refractivity contribution in [1.82, 2.24) is 4.98 Å². The van der Waals surface area contributed by atoms with Gasteiger partial charge < -0.3 is 29.4 Å². The molecule has 12 aromatic rings. The van der Waals surface area contributed by atoms with E-state index in [1.807, 2.05) is 0 Å².